The van der Waals surface area contributed by atoms with E-state index in [2.05, 4.69) is 25.9 Å². The van der Waals surface area contributed by atoms with Gasteiger partial charge in [0.1, 0.15) is 5.82 Å². The third-order valence-electron chi connectivity index (χ3n) is 3.63. The first-order valence-corrected chi connectivity index (χ1v) is 8.39. The lowest BCUT2D eigenvalue weighted by atomic mass is 10.2. The van der Waals surface area contributed by atoms with Crippen molar-refractivity contribution in [2.24, 2.45) is 0 Å². The van der Waals surface area contributed by atoms with Gasteiger partial charge in [0.25, 0.3) is 5.91 Å². The molecular weight excluding hydrogens is 342 g/mol. The van der Waals surface area contributed by atoms with Crippen molar-refractivity contribution < 1.29 is 9.59 Å². The van der Waals surface area contributed by atoms with Gasteiger partial charge in [0, 0.05) is 36.3 Å². The van der Waals surface area contributed by atoms with Crippen LogP contribution in [-0.2, 0) is 11.3 Å². The number of carbonyl (C=O) groups is 2. The molecule has 3 N–H and O–H groups in total. The van der Waals surface area contributed by atoms with E-state index in [1.165, 1.54) is 6.92 Å². The molecule has 0 aliphatic heterocycles. The van der Waals surface area contributed by atoms with E-state index >= 15 is 0 Å². The highest BCUT2D eigenvalue weighted by Crippen LogP contribution is 2.19. The van der Waals surface area contributed by atoms with Crippen molar-refractivity contribution in [3.63, 3.8) is 0 Å². The maximum atomic E-state index is 12.4. The van der Waals surface area contributed by atoms with E-state index in [1.807, 2.05) is 30.3 Å². The molecule has 0 atom stereocenters. The first kappa shape index (κ1) is 18.1. The summed E-state index contributed by atoms with van der Waals surface area (Å²) < 4.78 is 0. The van der Waals surface area contributed by atoms with Crippen molar-refractivity contribution in [3.05, 3.63) is 78.2 Å². The van der Waals surface area contributed by atoms with Crippen LogP contribution in [0.15, 0.2) is 67.0 Å². The van der Waals surface area contributed by atoms with Gasteiger partial charge in [-0.1, -0.05) is 12.1 Å². The summed E-state index contributed by atoms with van der Waals surface area (Å²) in [7, 11) is 0. The van der Waals surface area contributed by atoms with E-state index in [-0.39, 0.29) is 11.8 Å². The molecule has 7 nitrogen and oxygen atoms in total. The van der Waals surface area contributed by atoms with Gasteiger partial charge >= 0.3 is 0 Å². The average molecular weight is 361 g/mol. The van der Waals surface area contributed by atoms with E-state index in [1.54, 1.807) is 36.7 Å². The second-order valence-corrected chi connectivity index (χ2v) is 5.82. The van der Waals surface area contributed by atoms with E-state index in [9.17, 15) is 9.59 Å². The molecule has 1 aromatic carbocycles. The van der Waals surface area contributed by atoms with Gasteiger partial charge in [-0.05, 0) is 42.5 Å². The molecule has 3 aromatic rings. The Bertz CT molecular complexity index is 944. The summed E-state index contributed by atoms with van der Waals surface area (Å²) in [6.45, 7) is 1.80. The molecule has 0 bridgehead atoms. The van der Waals surface area contributed by atoms with Crippen molar-refractivity contribution in [2.45, 2.75) is 13.5 Å². The Morgan fingerprint density at radius 3 is 2.56 bits per heavy atom. The Balaban J connectivity index is 1.66. The number of pyridine rings is 2. The van der Waals surface area contributed by atoms with Gasteiger partial charge in [-0.3, -0.25) is 14.6 Å². The summed E-state index contributed by atoms with van der Waals surface area (Å²) in [4.78, 5) is 31.9. The van der Waals surface area contributed by atoms with Gasteiger partial charge < -0.3 is 16.0 Å². The Morgan fingerprint density at radius 2 is 1.78 bits per heavy atom. The zero-order valence-corrected chi connectivity index (χ0v) is 14.8. The SMILES string of the molecule is CC(=O)Nc1cccc(Nc2cc(C(=O)NCc3ccccn3)ccn2)c1. The number of anilines is 3. The molecule has 0 aliphatic rings. The molecule has 2 aromatic heterocycles. The minimum atomic E-state index is -0.210. The van der Waals surface area contributed by atoms with Crippen molar-refractivity contribution in [3.8, 4) is 0 Å². The van der Waals surface area contributed by atoms with E-state index < -0.39 is 0 Å². The number of benzene rings is 1. The van der Waals surface area contributed by atoms with Crippen LogP contribution in [0.1, 0.15) is 23.0 Å². The van der Waals surface area contributed by atoms with Crippen molar-refractivity contribution in [1.82, 2.24) is 15.3 Å². The second kappa shape index (κ2) is 8.57. The number of rotatable bonds is 6. The van der Waals surface area contributed by atoms with Crippen LogP contribution >= 0.6 is 0 Å². The lowest BCUT2D eigenvalue weighted by Crippen LogP contribution is -2.23. The minimum absolute atomic E-state index is 0.142. The zero-order chi connectivity index (χ0) is 19.1. The smallest absolute Gasteiger partial charge is 0.251 e. The molecule has 27 heavy (non-hydrogen) atoms. The normalized spacial score (nSPS) is 10.1. The van der Waals surface area contributed by atoms with E-state index in [0.29, 0.717) is 23.6 Å². The second-order valence-electron chi connectivity index (χ2n) is 5.82. The molecule has 0 unspecified atom stereocenters. The number of aromatic nitrogens is 2. The summed E-state index contributed by atoms with van der Waals surface area (Å²) in [5.41, 5.74) is 2.70. The summed E-state index contributed by atoms with van der Waals surface area (Å²) in [5.74, 6) is 0.176. The van der Waals surface area contributed by atoms with Crippen LogP contribution in [0, 0.1) is 0 Å². The van der Waals surface area contributed by atoms with Crippen LogP contribution in [0.3, 0.4) is 0 Å². The van der Waals surface area contributed by atoms with Crippen molar-refractivity contribution in [1.29, 1.82) is 0 Å². The number of hydrogen-bond donors (Lipinski definition) is 3. The molecule has 0 fully saturated rings. The molecule has 0 saturated heterocycles. The monoisotopic (exact) mass is 361 g/mol. The number of nitrogens with one attached hydrogen (secondary N) is 3. The fourth-order valence-electron chi connectivity index (χ4n) is 2.44. The first-order valence-electron chi connectivity index (χ1n) is 8.39. The molecule has 7 heteroatoms. The van der Waals surface area contributed by atoms with Crippen LogP contribution in [0.2, 0.25) is 0 Å². The van der Waals surface area contributed by atoms with Crippen LogP contribution in [0.4, 0.5) is 17.2 Å². The Morgan fingerprint density at radius 1 is 0.926 bits per heavy atom. The Kier molecular flexibility index (Phi) is 5.73. The number of amides is 2. The highest BCUT2D eigenvalue weighted by atomic mass is 16.2. The molecule has 0 aliphatic carbocycles. The van der Waals surface area contributed by atoms with Gasteiger partial charge in [0.15, 0.2) is 0 Å². The average Bonchev–Trinajstić information content (AvgIpc) is 2.67. The predicted molar refractivity (Wildman–Crippen MR) is 104 cm³/mol. The minimum Gasteiger partial charge on any atom is -0.346 e. The molecule has 2 heterocycles. The molecule has 0 radical (unpaired) electrons. The summed E-state index contributed by atoms with van der Waals surface area (Å²) in [6.07, 6.45) is 3.25. The van der Waals surface area contributed by atoms with E-state index in [0.717, 1.165) is 11.4 Å². The van der Waals surface area contributed by atoms with Gasteiger partial charge in [0.05, 0.1) is 12.2 Å². The topological polar surface area (TPSA) is 96.0 Å². The van der Waals surface area contributed by atoms with Gasteiger partial charge in [0.2, 0.25) is 5.91 Å². The van der Waals surface area contributed by atoms with Crippen molar-refractivity contribution in [2.75, 3.05) is 10.6 Å². The third-order valence-corrected chi connectivity index (χ3v) is 3.63. The van der Waals surface area contributed by atoms with E-state index in [4.69, 9.17) is 0 Å². The summed E-state index contributed by atoms with van der Waals surface area (Å²) in [6, 6.07) is 16.1. The van der Waals surface area contributed by atoms with Crippen LogP contribution in [0.25, 0.3) is 0 Å². The van der Waals surface area contributed by atoms with Crippen LogP contribution in [-0.4, -0.2) is 21.8 Å². The Labute approximate surface area is 156 Å². The maximum Gasteiger partial charge on any atom is 0.251 e. The molecule has 136 valence electrons. The predicted octanol–water partition coefficient (Wildman–Crippen LogP) is 3.11. The lowest BCUT2D eigenvalue weighted by Gasteiger charge is -2.10. The highest BCUT2D eigenvalue weighted by Gasteiger charge is 2.08. The molecule has 0 spiro atoms. The van der Waals surface area contributed by atoms with Gasteiger partial charge in [-0.15, -0.1) is 0 Å². The molecule has 0 saturated carbocycles. The number of carbonyl (C=O) groups excluding carboxylic acids is 2. The quantitative estimate of drug-likeness (QED) is 0.627. The fourth-order valence-corrected chi connectivity index (χ4v) is 2.44. The largest absolute Gasteiger partial charge is 0.346 e. The first-order chi connectivity index (χ1) is 13.1. The molecular formula is C20H19N5O2. The lowest BCUT2D eigenvalue weighted by molar-refractivity contribution is -0.114. The van der Waals surface area contributed by atoms with Gasteiger partial charge in [-0.25, -0.2) is 4.98 Å². The van der Waals surface area contributed by atoms with Gasteiger partial charge in [-0.2, -0.15) is 0 Å². The highest BCUT2D eigenvalue weighted by molar-refractivity contribution is 5.95. The third kappa shape index (κ3) is 5.37. The Hall–Kier alpha value is -3.74. The maximum absolute atomic E-state index is 12.4. The van der Waals surface area contributed by atoms with Crippen LogP contribution < -0.4 is 16.0 Å². The number of nitrogens with zero attached hydrogens (tertiary/aromatic N) is 2. The molecule has 3 rings (SSSR count). The standard InChI is InChI=1S/C20H19N5O2/c1-14(26)24-16-6-4-7-17(12-16)25-19-11-15(8-10-22-19)20(27)23-13-18-5-2-3-9-21-18/h2-12H,13H2,1H3,(H,22,25)(H,23,27)(H,24,26). The van der Waals surface area contributed by atoms with Crippen molar-refractivity contribution >= 4 is 29.0 Å². The van der Waals surface area contributed by atoms with Crippen LogP contribution in [0.5, 0.6) is 0 Å². The zero-order valence-electron chi connectivity index (χ0n) is 14.8. The summed E-state index contributed by atoms with van der Waals surface area (Å²) in [5, 5.41) is 8.69. The summed E-state index contributed by atoms with van der Waals surface area (Å²) >= 11 is 0. The molecule has 2 amide bonds. The fraction of sp³-hybridized carbons (Fsp3) is 0.100. The number of hydrogen-bond acceptors (Lipinski definition) is 5.